The molecule has 0 bridgehead atoms. The van der Waals surface area contributed by atoms with Crippen LogP contribution in [-0.4, -0.2) is 25.5 Å². The Labute approximate surface area is 165 Å². The van der Waals surface area contributed by atoms with E-state index in [0.717, 1.165) is 12.6 Å². The Bertz CT molecular complexity index is 998. The highest BCUT2D eigenvalue weighted by Crippen LogP contribution is 2.36. The van der Waals surface area contributed by atoms with Crippen LogP contribution in [-0.2, 0) is 19.8 Å². The summed E-state index contributed by atoms with van der Waals surface area (Å²) in [5.41, 5.74) is -0.142. The van der Waals surface area contributed by atoms with E-state index in [9.17, 15) is 18.0 Å². The fourth-order valence-corrected chi connectivity index (χ4v) is 3.40. The quantitative estimate of drug-likeness (QED) is 0.627. The summed E-state index contributed by atoms with van der Waals surface area (Å²) in [6, 6.07) is 6.85. The summed E-state index contributed by atoms with van der Waals surface area (Å²) in [7, 11) is 1.13. The third-order valence-corrected chi connectivity index (χ3v) is 4.55. The number of aromatic nitrogens is 4. The maximum atomic E-state index is 13.0. The van der Waals surface area contributed by atoms with Crippen LogP contribution in [0.2, 0.25) is 5.02 Å². The standard InChI is InChI=1S/C16H12BrClF3N5O/c1-25-14(16(19,20)21)12(17)13(24-25)15(27)23-11-4-2-3-9(5-11)7-26-8-10(18)6-22-26/h2-6,8H,7H2,1H3,(H,23,27). The summed E-state index contributed by atoms with van der Waals surface area (Å²) in [6.45, 7) is 0.419. The number of carbonyl (C=O) groups excluding carboxylic acids is 1. The van der Waals surface area contributed by atoms with Gasteiger partial charge < -0.3 is 5.32 Å². The van der Waals surface area contributed by atoms with Crippen LogP contribution in [0.5, 0.6) is 0 Å². The minimum Gasteiger partial charge on any atom is -0.321 e. The SMILES string of the molecule is Cn1nc(C(=O)Nc2cccc(Cn3cc(Cl)cn3)c2)c(Br)c1C(F)(F)F. The van der Waals surface area contributed by atoms with Crippen LogP contribution in [0.25, 0.3) is 0 Å². The number of rotatable bonds is 4. The van der Waals surface area contributed by atoms with Gasteiger partial charge in [-0.3, -0.25) is 14.2 Å². The lowest BCUT2D eigenvalue weighted by Gasteiger charge is -2.07. The molecule has 0 fully saturated rings. The number of anilines is 1. The van der Waals surface area contributed by atoms with Gasteiger partial charge in [0, 0.05) is 18.9 Å². The van der Waals surface area contributed by atoms with Gasteiger partial charge in [-0.15, -0.1) is 0 Å². The Balaban J connectivity index is 1.80. The number of nitrogens with one attached hydrogen (secondary N) is 1. The van der Waals surface area contributed by atoms with E-state index in [1.54, 1.807) is 29.1 Å². The van der Waals surface area contributed by atoms with Gasteiger partial charge in [-0.05, 0) is 33.6 Å². The second-order valence-electron chi connectivity index (χ2n) is 5.64. The Morgan fingerprint density at radius 2 is 2.11 bits per heavy atom. The molecule has 0 aliphatic heterocycles. The monoisotopic (exact) mass is 461 g/mol. The molecule has 11 heteroatoms. The molecule has 1 amide bonds. The van der Waals surface area contributed by atoms with Gasteiger partial charge in [0.15, 0.2) is 11.4 Å². The molecule has 0 unspecified atom stereocenters. The van der Waals surface area contributed by atoms with Crippen LogP contribution >= 0.6 is 27.5 Å². The van der Waals surface area contributed by atoms with Crippen LogP contribution in [0.1, 0.15) is 21.7 Å². The number of nitrogens with zero attached hydrogens (tertiary/aromatic N) is 4. The van der Waals surface area contributed by atoms with Crippen LogP contribution in [0.3, 0.4) is 0 Å². The number of hydrogen-bond acceptors (Lipinski definition) is 3. The summed E-state index contributed by atoms with van der Waals surface area (Å²) in [4.78, 5) is 12.4. The topological polar surface area (TPSA) is 64.7 Å². The van der Waals surface area contributed by atoms with Crippen molar-refractivity contribution < 1.29 is 18.0 Å². The van der Waals surface area contributed by atoms with Crippen LogP contribution < -0.4 is 5.32 Å². The second-order valence-corrected chi connectivity index (χ2v) is 6.87. The zero-order valence-corrected chi connectivity index (χ0v) is 16.1. The summed E-state index contributed by atoms with van der Waals surface area (Å²) in [5.74, 6) is -0.757. The van der Waals surface area contributed by atoms with Gasteiger partial charge in [-0.2, -0.15) is 23.4 Å². The Hall–Kier alpha value is -2.33. The lowest BCUT2D eigenvalue weighted by molar-refractivity contribution is -0.144. The molecular formula is C16H12BrClF3N5O. The number of amides is 1. The predicted molar refractivity (Wildman–Crippen MR) is 96.6 cm³/mol. The van der Waals surface area contributed by atoms with Crippen molar-refractivity contribution in [1.82, 2.24) is 19.6 Å². The second kappa shape index (κ2) is 7.35. The van der Waals surface area contributed by atoms with Crippen molar-refractivity contribution in [2.45, 2.75) is 12.7 Å². The Kier molecular flexibility index (Phi) is 5.29. The maximum Gasteiger partial charge on any atom is 0.434 e. The van der Waals surface area contributed by atoms with Gasteiger partial charge >= 0.3 is 6.18 Å². The molecule has 0 atom stereocenters. The van der Waals surface area contributed by atoms with Crippen molar-refractivity contribution in [3.05, 3.63) is 63.1 Å². The first-order valence-electron chi connectivity index (χ1n) is 7.53. The number of aryl methyl sites for hydroxylation is 1. The smallest absolute Gasteiger partial charge is 0.321 e. The van der Waals surface area contributed by atoms with E-state index >= 15 is 0 Å². The largest absolute Gasteiger partial charge is 0.434 e. The van der Waals surface area contributed by atoms with Crippen LogP contribution in [0.4, 0.5) is 18.9 Å². The van der Waals surface area contributed by atoms with Gasteiger partial charge in [-0.1, -0.05) is 23.7 Å². The minimum absolute atomic E-state index is 0.353. The third kappa shape index (κ3) is 4.33. The van der Waals surface area contributed by atoms with Crippen molar-refractivity contribution in [3.63, 3.8) is 0 Å². The molecule has 1 aromatic carbocycles. The Morgan fingerprint density at radius 3 is 2.70 bits per heavy atom. The third-order valence-electron chi connectivity index (χ3n) is 3.60. The maximum absolute atomic E-state index is 13.0. The van der Waals surface area contributed by atoms with E-state index in [2.05, 4.69) is 31.4 Å². The number of carbonyl (C=O) groups is 1. The first-order chi connectivity index (χ1) is 12.6. The first kappa shape index (κ1) is 19.4. The molecule has 1 N–H and O–H groups in total. The molecular weight excluding hydrogens is 451 g/mol. The van der Waals surface area contributed by atoms with E-state index < -0.39 is 22.3 Å². The van der Waals surface area contributed by atoms with Gasteiger partial charge in [0.25, 0.3) is 5.91 Å². The highest BCUT2D eigenvalue weighted by atomic mass is 79.9. The molecule has 0 spiro atoms. The molecule has 0 saturated heterocycles. The van der Waals surface area contributed by atoms with E-state index in [-0.39, 0.29) is 5.69 Å². The molecule has 142 valence electrons. The summed E-state index contributed by atoms with van der Waals surface area (Å²) in [6.07, 6.45) is -1.48. The van der Waals surface area contributed by atoms with E-state index in [1.807, 2.05) is 6.07 Å². The van der Waals surface area contributed by atoms with Crippen molar-refractivity contribution in [2.24, 2.45) is 7.05 Å². The number of alkyl halides is 3. The lowest BCUT2D eigenvalue weighted by atomic mass is 10.2. The molecule has 0 aliphatic carbocycles. The van der Waals surface area contributed by atoms with Gasteiger partial charge in [0.2, 0.25) is 0 Å². The van der Waals surface area contributed by atoms with E-state index in [4.69, 9.17) is 11.6 Å². The molecule has 0 saturated carbocycles. The summed E-state index contributed by atoms with van der Waals surface area (Å²) in [5, 5.41) is 10.8. The number of hydrogen-bond donors (Lipinski definition) is 1. The van der Waals surface area contributed by atoms with Gasteiger partial charge in [-0.25, -0.2) is 0 Å². The van der Waals surface area contributed by atoms with Crippen LogP contribution in [0, 0.1) is 0 Å². The summed E-state index contributed by atoms with van der Waals surface area (Å²) >= 11 is 8.65. The van der Waals surface area contributed by atoms with Crippen molar-refractivity contribution in [3.8, 4) is 0 Å². The fraction of sp³-hybridized carbons (Fsp3) is 0.188. The average Bonchev–Trinajstić information content (AvgIpc) is 3.09. The lowest BCUT2D eigenvalue weighted by Crippen LogP contribution is -2.14. The highest BCUT2D eigenvalue weighted by molar-refractivity contribution is 9.10. The van der Waals surface area contributed by atoms with Crippen molar-refractivity contribution in [2.75, 3.05) is 5.32 Å². The van der Waals surface area contributed by atoms with Crippen LogP contribution in [0.15, 0.2) is 41.1 Å². The molecule has 3 aromatic rings. The molecule has 0 radical (unpaired) electrons. The zero-order chi connectivity index (χ0) is 19.8. The molecule has 6 nitrogen and oxygen atoms in total. The highest BCUT2D eigenvalue weighted by Gasteiger charge is 2.39. The van der Waals surface area contributed by atoms with Crippen molar-refractivity contribution in [1.29, 1.82) is 0 Å². The molecule has 0 aliphatic rings. The zero-order valence-electron chi connectivity index (χ0n) is 13.8. The number of benzene rings is 1. The average molecular weight is 463 g/mol. The summed E-state index contributed by atoms with van der Waals surface area (Å²) < 4.78 is 40.9. The fourth-order valence-electron chi connectivity index (χ4n) is 2.50. The number of halogens is 5. The van der Waals surface area contributed by atoms with Crippen molar-refractivity contribution >= 4 is 39.1 Å². The predicted octanol–water partition coefficient (Wildman–Crippen LogP) is 4.35. The minimum atomic E-state index is -4.63. The molecule has 27 heavy (non-hydrogen) atoms. The van der Waals surface area contributed by atoms with Gasteiger partial charge in [0.05, 0.1) is 22.2 Å². The van der Waals surface area contributed by atoms with E-state index in [1.165, 1.54) is 6.20 Å². The molecule has 2 aromatic heterocycles. The van der Waals surface area contributed by atoms with Gasteiger partial charge in [0.1, 0.15) is 0 Å². The Morgan fingerprint density at radius 1 is 1.37 bits per heavy atom. The molecule has 2 heterocycles. The normalized spacial score (nSPS) is 11.6. The first-order valence-corrected chi connectivity index (χ1v) is 8.70. The molecule has 3 rings (SSSR count). The van der Waals surface area contributed by atoms with E-state index in [0.29, 0.717) is 21.9 Å².